The molecular formula is C24H26N2O2S. The van der Waals surface area contributed by atoms with Gasteiger partial charge in [-0.3, -0.25) is 4.98 Å². The molecule has 1 saturated heterocycles. The van der Waals surface area contributed by atoms with E-state index >= 15 is 0 Å². The van der Waals surface area contributed by atoms with Crippen molar-refractivity contribution in [3.63, 3.8) is 0 Å². The van der Waals surface area contributed by atoms with Crippen LogP contribution in [-0.4, -0.2) is 30.8 Å². The first-order valence-electron chi connectivity index (χ1n) is 10.0. The number of pyridine rings is 1. The summed E-state index contributed by atoms with van der Waals surface area (Å²) in [5, 5.41) is 0. The van der Waals surface area contributed by atoms with Crippen LogP contribution in [0, 0.1) is 13.8 Å². The molecule has 5 heteroatoms. The van der Waals surface area contributed by atoms with Crippen molar-refractivity contribution in [2.75, 3.05) is 13.1 Å². The molecule has 4 nitrogen and oxygen atoms in total. The second kappa shape index (κ2) is 8.09. The lowest BCUT2D eigenvalue weighted by Gasteiger charge is -2.31. The molecule has 2 aromatic carbocycles. The molecule has 0 unspecified atom stereocenters. The summed E-state index contributed by atoms with van der Waals surface area (Å²) < 4.78 is 27.1. The molecule has 4 rings (SSSR count). The predicted octanol–water partition coefficient (Wildman–Crippen LogP) is 4.93. The summed E-state index contributed by atoms with van der Waals surface area (Å²) in [6.45, 7) is 5.39. The Bertz CT molecular complexity index is 1090. The number of sulfonamides is 1. The number of aryl methyl sites for hydroxylation is 1. The van der Waals surface area contributed by atoms with Gasteiger partial charge >= 0.3 is 0 Å². The first-order valence-corrected chi connectivity index (χ1v) is 11.5. The van der Waals surface area contributed by atoms with Crippen molar-refractivity contribution in [3.8, 4) is 11.1 Å². The van der Waals surface area contributed by atoms with Crippen LogP contribution >= 0.6 is 0 Å². The normalized spacial score (nSPS) is 16.1. The monoisotopic (exact) mass is 406 g/mol. The fraction of sp³-hybridized carbons (Fsp3) is 0.292. The Morgan fingerprint density at radius 2 is 1.66 bits per heavy atom. The van der Waals surface area contributed by atoms with E-state index in [-0.39, 0.29) is 4.90 Å². The highest BCUT2D eigenvalue weighted by atomic mass is 32.2. The maximum Gasteiger partial charge on any atom is 0.244 e. The zero-order chi connectivity index (χ0) is 20.4. The van der Waals surface area contributed by atoms with Gasteiger partial charge in [-0.1, -0.05) is 42.5 Å². The molecule has 29 heavy (non-hydrogen) atoms. The Labute approximate surface area is 173 Å². The van der Waals surface area contributed by atoms with Crippen molar-refractivity contribution in [1.29, 1.82) is 0 Å². The molecule has 0 amide bonds. The topological polar surface area (TPSA) is 50.3 Å². The lowest BCUT2D eigenvalue weighted by Crippen LogP contribution is -2.37. The third-order valence-electron chi connectivity index (χ3n) is 6.02. The van der Waals surface area contributed by atoms with Crippen LogP contribution in [-0.2, 0) is 10.0 Å². The smallest absolute Gasteiger partial charge is 0.244 e. The van der Waals surface area contributed by atoms with Crippen LogP contribution in [0.15, 0.2) is 71.9 Å². The van der Waals surface area contributed by atoms with Gasteiger partial charge in [-0.2, -0.15) is 4.31 Å². The van der Waals surface area contributed by atoms with Crippen LogP contribution in [0.4, 0.5) is 0 Å². The third kappa shape index (κ3) is 3.98. The Hall–Kier alpha value is -2.50. The summed E-state index contributed by atoms with van der Waals surface area (Å²) in [7, 11) is -3.45. The van der Waals surface area contributed by atoms with E-state index in [0.717, 1.165) is 12.8 Å². The number of nitrogens with zero attached hydrogens (tertiary/aromatic N) is 2. The van der Waals surface area contributed by atoms with Gasteiger partial charge in [0.2, 0.25) is 10.0 Å². The van der Waals surface area contributed by atoms with Gasteiger partial charge < -0.3 is 0 Å². The molecule has 3 aromatic rings. The number of rotatable bonds is 4. The summed E-state index contributed by atoms with van der Waals surface area (Å²) in [4.78, 5) is 4.22. The first kappa shape index (κ1) is 19.8. The van der Waals surface area contributed by atoms with Gasteiger partial charge in [0.15, 0.2) is 0 Å². The Kier molecular flexibility index (Phi) is 5.52. The van der Waals surface area contributed by atoms with E-state index in [1.807, 2.05) is 0 Å². The van der Waals surface area contributed by atoms with Crippen molar-refractivity contribution in [1.82, 2.24) is 9.29 Å². The molecular weight excluding hydrogens is 380 g/mol. The van der Waals surface area contributed by atoms with E-state index in [1.54, 1.807) is 22.6 Å². The summed E-state index contributed by atoms with van der Waals surface area (Å²) in [5.41, 5.74) is 6.40. The van der Waals surface area contributed by atoms with Crippen LogP contribution < -0.4 is 0 Å². The molecule has 2 heterocycles. The molecule has 150 valence electrons. The highest BCUT2D eigenvalue weighted by molar-refractivity contribution is 7.89. The molecule has 1 fully saturated rings. The number of hydrogen-bond acceptors (Lipinski definition) is 3. The number of hydrogen-bond donors (Lipinski definition) is 0. The quantitative estimate of drug-likeness (QED) is 0.617. The average Bonchev–Trinajstić information content (AvgIpc) is 2.76. The van der Waals surface area contributed by atoms with Gasteiger partial charge in [-0.15, -0.1) is 0 Å². The van der Waals surface area contributed by atoms with E-state index in [1.165, 1.54) is 34.0 Å². The van der Waals surface area contributed by atoms with E-state index in [0.29, 0.717) is 19.0 Å². The fourth-order valence-electron chi connectivity index (χ4n) is 4.08. The standard InChI is InChI=1S/C24H26N2O2S/c1-18-5-3-7-24(19(18)2)22-10-8-20(9-11-22)21-12-15-26(16-13-21)29(27,28)23-6-4-14-25-17-23/h3-11,14,17,21H,12-13,15-16H2,1-2H3. The molecule has 0 spiro atoms. The highest BCUT2D eigenvalue weighted by Gasteiger charge is 2.30. The fourth-order valence-corrected chi connectivity index (χ4v) is 5.51. The van der Waals surface area contributed by atoms with Crippen molar-refractivity contribution in [3.05, 3.63) is 83.7 Å². The van der Waals surface area contributed by atoms with Crippen molar-refractivity contribution in [2.45, 2.75) is 37.5 Å². The summed E-state index contributed by atoms with van der Waals surface area (Å²) >= 11 is 0. The molecule has 0 aliphatic carbocycles. The van der Waals surface area contributed by atoms with Crippen LogP contribution in [0.3, 0.4) is 0 Å². The SMILES string of the molecule is Cc1cccc(-c2ccc(C3CCN(S(=O)(=O)c4cccnc4)CC3)cc2)c1C. The van der Waals surface area contributed by atoms with E-state index < -0.39 is 10.0 Å². The van der Waals surface area contributed by atoms with Crippen LogP contribution in [0.1, 0.15) is 35.4 Å². The van der Waals surface area contributed by atoms with Gasteiger partial charge in [0.25, 0.3) is 0 Å². The zero-order valence-corrected chi connectivity index (χ0v) is 17.7. The molecule has 1 aliphatic heterocycles. The minimum Gasteiger partial charge on any atom is -0.263 e. The number of aromatic nitrogens is 1. The molecule has 1 aromatic heterocycles. The lowest BCUT2D eigenvalue weighted by atomic mass is 9.88. The average molecular weight is 407 g/mol. The maximum atomic E-state index is 12.8. The maximum absolute atomic E-state index is 12.8. The Balaban J connectivity index is 1.46. The van der Waals surface area contributed by atoms with Crippen molar-refractivity contribution >= 4 is 10.0 Å². The van der Waals surface area contributed by atoms with Crippen molar-refractivity contribution < 1.29 is 8.42 Å². The van der Waals surface area contributed by atoms with Gasteiger partial charge in [0, 0.05) is 25.5 Å². The highest BCUT2D eigenvalue weighted by Crippen LogP contribution is 2.32. The summed E-state index contributed by atoms with van der Waals surface area (Å²) in [5.74, 6) is 0.392. The molecule has 1 aliphatic rings. The molecule has 0 saturated carbocycles. The minimum absolute atomic E-state index is 0.274. The molecule has 0 atom stereocenters. The van der Waals surface area contributed by atoms with Gasteiger partial charge in [0.05, 0.1) is 0 Å². The lowest BCUT2D eigenvalue weighted by molar-refractivity contribution is 0.319. The largest absolute Gasteiger partial charge is 0.263 e. The van der Waals surface area contributed by atoms with Gasteiger partial charge in [-0.05, 0) is 72.6 Å². The zero-order valence-electron chi connectivity index (χ0n) is 16.9. The third-order valence-corrected chi connectivity index (χ3v) is 7.91. The Morgan fingerprint density at radius 1 is 0.931 bits per heavy atom. The molecule has 0 radical (unpaired) electrons. The minimum atomic E-state index is -3.45. The van der Waals surface area contributed by atoms with E-state index in [2.05, 4.69) is 61.3 Å². The van der Waals surface area contributed by atoms with Crippen LogP contribution in [0.25, 0.3) is 11.1 Å². The van der Waals surface area contributed by atoms with E-state index in [9.17, 15) is 8.42 Å². The van der Waals surface area contributed by atoms with Gasteiger partial charge in [-0.25, -0.2) is 8.42 Å². The second-order valence-corrected chi connectivity index (χ2v) is 9.67. The predicted molar refractivity (Wildman–Crippen MR) is 116 cm³/mol. The van der Waals surface area contributed by atoms with Gasteiger partial charge in [0.1, 0.15) is 4.90 Å². The summed E-state index contributed by atoms with van der Waals surface area (Å²) in [6, 6.07) is 18.5. The molecule has 0 bridgehead atoms. The van der Waals surface area contributed by atoms with E-state index in [4.69, 9.17) is 0 Å². The summed E-state index contributed by atoms with van der Waals surface area (Å²) in [6.07, 6.45) is 4.69. The second-order valence-electron chi connectivity index (χ2n) is 7.74. The van der Waals surface area contributed by atoms with Crippen LogP contribution in [0.2, 0.25) is 0 Å². The van der Waals surface area contributed by atoms with Crippen molar-refractivity contribution in [2.24, 2.45) is 0 Å². The number of benzene rings is 2. The number of piperidine rings is 1. The first-order chi connectivity index (χ1) is 14.0. The molecule has 0 N–H and O–H groups in total. The van der Waals surface area contributed by atoms with Crippen LogP contribution in [0.5, 0.6) is 0 Å². The Morgan fingerprint density at radius 3 is 2.31 bits per heavy atom.